The molecule has 2 rings (SSSR count). The van der Waals surface area contributed by atoms with Crippen molar-refractivity contribution in [3.05, 3.63) is 23.8 Å². The molecule has 0 aromatic heterocycles. The van der Waals surface area contributed by atoms with E-state index in [9.17, 15) is 0 Å². The van der Waals surface area contributed by atoms with E-state index in [0.717, 1.165) is 17.1 Å². The Hall–Kier alpha value is -1.59. The number of ether oxygens (including phenoxy) is 4. The lowest BCUT2D eigenvalue weighted by Gasteiger charge is -2.14. The molecule has 0 spiro atoms. The van der Waals surface area contributed by atoms with E-state index in [1.54, 1.807) is 6.21 Å². The van der Waals surface area contributed by atoms with Crippen LogP contribution in [0, 0.1) is 0 Å². The number of hydrogen-bond acceptors (Lipinski definition) is 5. The van der Waals surface area contributed by atoms with Gasteiger partial charge in [-0.05, 0) is 37.6 Å². The molecule has 19 heavy (non-hydrogen) atoms. The maximum Gasteiger partial charge on any atom is 0.231 e. The monoisotopic (exact) mass is 265 g/mol. The molecular weight excluding hydrogens is 246 g/mol. The molecule has 0 atom stereocenters. The molecule has 0 aliphatic carbocycles. The Bertz CT molecular complexity index is 427. The molecule has 0 N–H and O–H groups in total. The largest absolute Gasteiger partial charge is 0.454 e. The zero-order valence-electron chi connectivity index (χ0n) is 11.3. The Labute approximate surface area is 113 Å². The minimum absolute atomic E-state index is 0.278. The maximum absolute atomic E-state index is 5.41. The predicted molar refractivity (Wildman–Crippen MR) is 72.1 cm³/mol. The van der Waals surface area contributed by atoms with Gasteiger partial charge in [0.05, 0.1) is 6.54 Å². The highest BCUT2D eigenvalue weighted by Crippen LogP contribution is 2.31. The standard InChI is InChI=1S/C14H19NO4/c1-3-16-14(17-4-2)9-15-8-11-5-6-12-13(7-11)19-10-18-12/h5-8,14H,3-4,9-10H2,1-2H3/b15-8+. The van der Waals surface area contributed by atoms with Crippen molar-refractivity contribution < 1.29 is 18.9 Å². The lowest BCUT2D eigenvalue weighted by atomic mass is 10.2. The van der Waals surface area contributed by atoms with E-state index in [1.807, 2.05) is 32.0 Å². The predicted octanol–water partition coefficient (Wildman–Crippen LogP) is 2.23. The highest BCUT2D eigenvalue weighted by atomic mass is 16.7. The summed E-state index contributed by atoms with van der Waals surface area (Å²) in [6.07, 6.45) is 1.51. The first kappa shape index (κ1) is 13.8. The van der Waals surface area contributed by atoms with Crippen LogP contribution in [-0.4, -0.2) is 39.1 Å². The number of nitrogens with zero attached hydrogens (tertiary/aromatic N) is 1. The maximum atomic E-state index is 5.41. The molecule has 0 radical (unpaired) electrons. The lowest BCUT2D eigenvalue weighted by molar-refractivity contribution is -0.128. The molecule has 1 aliphatic heterocycles. The zero-order valence-corrected chi connectivity index (χ0v) is 11.3. The number of aliphatic imine (C=N–C) groups is 1. The first-order chi connectivity index (χ1) is 9.33. The molecule has 1 aromatic carbocycles. The van der Waals surface area contributed by atoms with Crippen LogP contribution < -0.4 is 9.47 Å². The fourth-order valence-corrected chi connectivity index (χ4v) is 1.76. The normalized spacial score (nSPS) is 13.6. The van der Waals surface area contributed by atoms with Crippen molar-refractivity contribution in [2.45, 2.75) is 20.1 Å². The van der Waals surface area contributed by atoms with Crippen LogP contribution >= 0.6 is 0 Å². The van der Waals surface area contributed by atoms with Crippen LogP contribution in [0.1, 0.15) is 19.4 Å². The second kappa shape index (κ2) is 7.11. The third-order valence-corrected chi connectivity index (χ3v) is 2.60. The summed E-state index contributed by atoms with van der Waals surface area (Å²) in [4.78, 5) is 4.33. The average molecular weight is 265 g/mol. The van der Waals surface area contributed by atoms with Crippen LogP contribution in [0.3, 0.4) is 0 Å². The minimum atomic E-state index is -0.278. The Morgan fingerprint density at radius 2 is 1.95 bits per heavy atom. The van der Waals surface area contributed by atoms with Crippen LogP contribution in [0.15, 0.2) is 23.2 Å². The fourth-order valence-electron chi connectivity index (χ4n) is 1.76. The molecular formula is C14H19NO4. The summed E-state index contributed by atoms with van der Waals surface area (Å²) in [7, 11) is 0. The molecule has 104 valence electrons. The van der Waals surface area contributed by atoms with Gasteiger partial charge in [0.25, 0.3) is 0 Å². The SMILES string of the molecule is CCOC(C/N=C/c1ccc2c(c1)OCO2)OCC. The topological polar surface area (TPSA) is 49.3 Å². The number of hydrogen-bond donors (Lipinski definition) is 0. The van der Waals surface area contributed by atoms with Crippen LogP contribution in [-0.2, 0) is 9.47 Å². The molecule has 1 aliphatic rings. The van der Waals surface area contributed by atoms with E-state index in [1.165, 1.54) is 0 Å². The van der Waals surface area contributed by atoms with Gasteiger partial charge in [0.2, 0.25) is 6.79 Å². The lowest BCUT2D eigenvalue weighted by Crippen LogP contribution is -2.20. The van der Waals surface area contributed by atoms with Crippen molar-refractivity contribution in [2.24, 2.45) is 4.99 Å². The van der Waals surface area contributed by atoms with Gasteiger partial charge in [0.1, 0.15) is 0 Å². The number of fused-ring (bicyclic) bond motifs is 1. The van der Waals surface area contributed by atoms with Gasteiger partial charge in [0.15, 0.2) is 17.8 Å². The first-order valence-electron chi connectivity index (χ1n) is 6.46. The summed E-state index contributed by atoms with van der Waals surface area (Å²) in [5, 5.41) is 0. The molecule has 0 amide bonds. The van der Waals surface area contributed by atoms with Crippen molar-refractivity contribution in [2.75, 3.05) is 26.6 Å². The van der Waals surface area contributed by atoms with Gasteiger partial charge in [-0.2, -0.15) is 0 Å². The molecule has 0 bridgehead atoms. The summed E-state index contributed by atoms with van der Waals surface area (Å²) in [6, 6.07) is 5.72. The second-order valence-electron chi connectivity index (χ2n) is 3.95. The Balaban J connectivity index is 1.90. The quantitative estimate of drug-likeness (QED) is 0.560. The summed E-state index contributed by atoms with van der Waals surface area (Å²) in [5.41, 5.74) is 0.969. The van der Waals surface area contributed by atoms with E-state index in [2.05, 4.69) is 4.99 Å². The van der Waals surface area contributed by atoms with Gasteiger partial charge < -0.3 is 18.9 Å². The molecule has 1 aromatic rings. The third-order valence-electron chi connectivity index (χ3n) is 2.60. The van der Waals surface area contributed by atoms with E-state index >= 15 is 0 Å². The molecule has 0 unspecified atom stereocenters. The van der Waals surface area contributed by atoms with Crippen molar-refractivity contribution in [3.8, 4) is 11.5 Å². The Kier molecular flexibility index (Phi) is 5.18. The van der Waals surface area contributed by atoms with Crippen molar-refractivity contribution in [1.29, 1.82) is 0 Å². The summed E-state index contributed by atoms with van der Waals surface area (Å²) in [6.45, 7) is 5.87. The number of benzene rings is 1. The van der Waals surface area contributed by atoms with Gasteiger partial charge in [-0.3, -0.25) is 4.99 Å². The van der Waals surface area contributed by atoms with E-state index in [0.29, 0.717) is 19.8 Å². The molecule has 0 fully saturated rings. The van der Waals surface area contributed by atoms with Crippen molar-refractivity contribution >= 4 is 6.21 Å². The summed E-state index contributed by atoms with van der Waals surface area (Å²) in [5.74, 6) is 1.54. The van der Waals surface area contributed by atoms with E-state index < -0.39 is 0 Å². The smallest absolute Gasteiger partial charge is 0.231 e. The second-order valence-corrected chi connectivity index (χ2v) is 3.95. The molecule has 5 heteroatoms. The Morgan fingerprint density at radius 3 is 2.68 bits per heavy atom. The number of rotatable bonds is 7. The van der Waals surface area contributed by atoms with Gasteiger partial charge in [-0.25, -0.2) is 0 Å². The molecule has 1 heterocycles. The van der Waals surface area contributed by atoms with Crippen LogP contribution in [0.4, 0.5) is 0 Å². The van der Waals surface area contributed by atoms with Crippen molar-refractivity contribution in [1.82, 2.24) is 0 Å². The Morgan fingerprint density at radius 1 is 1.21 bits per heavy atom. The van der Waals surface area contributed by atoms with Crippen LogP contribution in [0.25, 0.3) is 0 Å². The van der Waals surface area contributed by atoms with Gasteiger partial charge >= 0.3 is 0 Å². The third kappa shape index (κ3) is 3.94. The molecule has 0 saturated carbocycles. The van der Waals surface area contributed by atoms with Crippen LogP contribution in [0.5, 0.6) is 11.5 Å². The first-order valence-corrected chi connectivity index (χ1v) is 6.46. The van der Waals surface area contributed by atoms with Gasteiger partial charge in [-0.1, -0.05) is 0 Å². The van der Waals surface area contributed by atoms with Gasteiger partial charge in [-0.15, -0.1) is 0 Å². The minimum Gasteiger partial charge on any atom is -0.454 e. The molecule has 0 saturated heterocycles. The fraction of sp³-hybridized carbons (Fsp3) is 0.500. The summed E-state index contributed by atoms with van der Waals surface area (Å²) >= 11 is 0. The van der Waals surface area contributed by atoms with Crippen LogP contribution in [0.2, 0.25) is 0 Å². The highest BCUT2D eigenvalue weighted by molar-refractivity contribution is 5.81. The van der Waals surface area contributed by atoms with E-state index in [4.69, 9.17) is 18.9 Å². The molecule has 5 nitrogen and oxygen atoms in total. The summed E-state index contributed by atoms with van der Waals surface area (Å²) < 4.78 is 21.4. The van der Waals surface area contributed by atoms with Gasteiger partial charge in [0, 0.05) is 19.4 Å². The average Bonchev–Trinajstić information content (AvgIpc) is 2.86. The zero-order chi connectivity index (χ0) is 13.5. The van der Waals surface area contributed by atoms with E-state index in [-0.39, 0.29) is 13.1 Å². The highest BCUT2D eigenvalue weighted by Gasteiger charge is 2.12. The van der Waals surface area contributed by atoms with Crippen molar-refractivity contribution in [3.63, 3.8) is 0 Å².